The molecule has 0 radical (unpaired) electrons. The molecule has 0 spiro atoms. The minimum atomic E-state index is -4.68. The van der Waals surface area contributed by atoms with Gasteiger partial charge in [-0.2, -0.15) is 26.3 Å². The second kappa shape index (κ2) is 7.43. The molecule has 27 heavy (non-hydrogen) atoms. The number of carbonyl (C=O) groups excluding carboxylic acids is 1. The van der Waals surface area contributed by atoms with E-state index in [4.69, 9.17) is 17.3 Å². The Bertz CT molecular complexity index is 896. The molecule has 0 bridgehead atoms. The van der Waals surface area contributed by atoms with Crippen LogP contribution in [0, 0.1) is 0 Å². The number of benzene rings is 1. The third kappa shape index (κ3) is 5.09. The van der Waals surface area contributed by atoms with E-state index in [1.807, 2.05) is 0 Å². The summed E-state index contributed by atoms with van der Waals surface area (Å²) in [5.74, 6) is -1.92. The van der Waals surface area contributed by atoms with Crippen molar-refractivity contribution in [2.24, 2.45) is 10.9 Å². The molecule has 0 aliphatic heterocycles. The van der Waals surface area contributed by atoms with Crippen molar-refractivity contribution in [2.75, 3.05) is 0 Å². The third-order valence-electron chi connectivity index (χ3n) is 3.06. The van der Waals surface area contributed by atoms with Gasteiger partial charge in [0.1, 0.15) is 5.69 Å². The lowest BCUT2D eigenvalue weighted by Crippen LogP contribution is -2.18. The number of pyridine rings is 1. The lowest BCUT2D eigenvalue weighted by atomic mass is 10.1. The van der Waals surface area contributed by atoms with Crippen molar-refractivity contribution in [3.63, 3.8) is 0 Å². The van der Waals surface area contributed by atoms with Crippen LogP contribution in [0.1, 0.15) is 27.2 Å². The minimum Gasteiger partial charge on any atom is -0.379 e. The average molecular weight is 412 g/mol. The molecule has 144 valence electrons. The number of rotatable bonds is 3. The van der Waals surface area contributed by atoms with Crippen LogP contribution in [0.4, 0.5) is 26.3 Å². The minimum absolute atomic E-state index is 0.401. The zero-order chi connectivity index (χ0) is 20.4. The highest BCUT2D eigenvalue weighted by atomic mass is 35.5. The first-order valence-electron chi connectivity index (χ1n) is 6.85. The molecule has 12 heteroatoms. The Morgan fingerprint density at radius 1 is 1.07 bits per heavy atom. The fourth-order valence-corrected chi connectivity index (χ4v) is 2.05. The van der Waals surface area contributed by atoms with Gasteiger partial charge >= 0.3 is 18.3 Å². The number of aromatic nitrogens is 1. The van der Waals surface area contributed by atoms with Crippen molar-refractivity contribution in [2.45, 2.75) is 12.4 Å². The van der Waals surface area contributed by atoms with Crippen molar-refractivity contribution in [3.8, 4) is 0 Å². The Morgan fingerprint density at radius 2 is 1.70 bits per heavy atom. The molecule has 2 N–H and O–H groups in total. The molecule has 0 atom stereocenters. The molecule has 0 saturated heterocycles. The Hall–Kier alpha value is -2.82. The molecule has 2 aromatic rings. The summed E-state index contributed by atoms with van der Waals surface area (Å²) in [4.78, 5) is 19.6. The SMILES string of the molecule is N/C(=N\OC(=O)c1cccc(C(F)(F)F)c1)c1ncc(C(F)(F)F)cc1Cl. The summed E-state index contributed by atoms with van der Waals surface area (Å²) in [7, 11) is 0. The Balaban J connectivity index is 2.19. The number of amidine groups is 1. The van der Waals surface area contributed by atoms with E-state index in [1.165, 1.54) is 0 Å². The summed E-state index contributed by atoms with van der Waals surface area (Å²) >= 11 is 5.64. The van der Waals surface area contributed by atoms with Crippen LogP contribution in [-0.4, -0.2) is 16.8 Å². The van der Waals surface area contributed by atoms with Crippen LogP contribution in [0.2, 0.25) is 5.02 Å². The van der Waals surface area contributed by atoms with Gasteiger partial charge in [0.2, 0.25) is 0 Å². The largest absolute Gasteiger partial charge is 0.417 e. The first-order chi connectivity index (χ1) is 12.4. The van der Waals surface area contributed by atoms with Gasteiger partial charge in [-0.1, -0.05) is 22.8 Å². The number of nitrogens with two attached hydrogens (primary N) is 1. The molecule has 1 aromatic heterocycles. The first-order valence-corrected chi connectivity index (χ1v) is 7.22. The maximum atomic E-state index is 12.6. The van der Waals surface area contributed by atoms with Crippen LogP contribution in [0.5, 0.6) is 0 Å². The maximum Gasteiger partial charge on any atom is 0.417 e. The van der Waals surface area contributed by atoms with Crippen LogP contribution in [0.25, 0.3) is 0 Å². The third-order valence-corrected chi connectivity index (χ3v) is 3.35. The molecule has 0 amide bonds. The van der Waals surface area contributed by atoms with Crippen molar-refractivity contribution in [1.29, 1.82) is 0 Å². The maximum absolute atomic E-state index is 12.6. The van der Waals surface area contributed by atoms with E-state index in [1.54, 1.807) is 0 Å². The van der Waals surface area contributed by atoms with Gasteiger partial charge in [-0.25, -0.2) is 4.79 Å². The molecule has 0 unspecified atom stereocenters. The fraction of sp³-hybridized carbons (Fsp3) is 0.133. The van der Waals surface area contributed by atoms with Gasteiger partial charge in [0.15, 0.2) is 5.84 Å². The summed E-state index contributed by atoms with van der Waals surface area (Å²) in [6.45, 7) is 0. The predicted octanol–water partition coefficient (Wildman–Crippen LogP) is 4.25. The van der Waals surface area contributed by atoms with E-state index in [0.717, 1.165) is 18.2 Å². The van der Waals surface area contributed by atoms with Crippen LogP contribution in [0.15, 0.2) is 41.7 Å². The second-order valence-electron chi connectivity index (χ2n) is 4.99. The van der Waals surface area contributed by atoms with Gasteiger partial charge in [0, 0.05) is 6.20 Å². The molecule has 1 aromatic carbocycles. The van der Waals surface area contributed by atoms with Gasteiger partial charge in [0.05, 0.1) is 21.7 Å². The Labute approximate surface area is 152 Å². The van der Waals surface area contributed by atoms with E-state index >= 15 is 0 Å². The van der Waals surface area contributed by atoms with Gasteiger partial charge in [0.25, 0.3) is 0 Å². The van der Waals surface area contributed by atoms with Crippen molar-refractivity contribution in [1.82, 2.24) is 4.98 Å². The first kappa shape index (κ1) is 20.5. The van der Waals surface area contributed by atoms with Gasteiger partial charge < -0.3 is 10.6 Å². The number of nitrogens with zero attached hydrogens (tertiary/aromatic N) is 2. The Morgan fingerprint density at radius 3 is 2.26 bits per heavy atom. The van der Waals surface area contributed by atoms with Gasteiger partial charge in [-0.15, -0.1) is 0 Å². The summed E-state index contributed by atoms with van der Waals surface area (Å²) in [6, 6.07) is 3.87. The lowest BCUT2D eigenvalue weighted by Gasteiger charge is -2.09. The number of halogens is 7. The molecular formula is C15H8ClF6N3O2. The summed E-state index contributed by atoms with van der Waals surface area (Å²) in [5.41, 5.74) is 2.36. The molecule has 5 nitrogen and oxygen atoms in total. The van der Waals surface area contributed by atoms with Crippen molar-refractivity contribution in [3.05, 3.63) is 63.9 Å². The number of hydrogen-bond acceptors (Lipinski definition) is 4. The highest BCUT2D eigenvalue weighted by molar-refractivity contribution is 6.33. The van der Waals surface area contributed by atoms with Crippen molar-refractivity contribution >= 4 is 23.4 Å². The van der Waals surface area contributed by atoms with E-state index in [-0.39, 0.29) is 0 Å². The standard InChI is InChI=1S/C15H8ClF6N3O2/c16-10-5-9(15(20,21)22)6-24-11(10)12(23)25-27-13(26)7-2-1-3-8(4-7)14(17,18)19/h1-6H,(H2,23,25). The zero-order valence-corrected chi connectivity index (χ0v) is 13.7. The smallest absolute Gasteiger partial charge is 0.379 e. The van der Waals surface area contributed by atoms with Crippen LogP contribution in [0.3, 0.4) is 0 Å². The fourth-order valence-electron chi connectivity index (χ4n) is 1.79. The van der Waals surface area contributed by atoms with Gasteiger partial charge in [-0.3, -0.25) is 4.98 Å². The van der Waals surface area contributed by atoms with E-state index in [9.17, 15) is 31.1 Å². The van der Waals surface area contributed by atoms with Gasteiger partial charge in [-0.05, 0) is 24.3 Å². The monoisotopic (exact) mass is 411 g/mol. The zero-order valence-electron chi connectivity index (χ0n) is 12.9. The molecule has 2 rings (SSSR count). The molecule has 0 aliphatic carbocycles. The predicted molar refractivity (Wildman–Crippen MR) is 81.8 cm³/mol. The number of hydrogen-bond donors (Lipinski definition) is 1. The van der Waals surface area contributed by atoms with E-state index < -0.39 is 51.6 Å². The normalized spacial score (nSPS) is 12.8. The summed E-state index contributed by atoms with van der Waals surface area (Å²) in [6.07, 6.45) is -8.91. The summed E-state index contributed by atoms with van der Waals surface area (Å²) < 4.78 is 75.5. The number of carbonyl (C=O) groups is 1. The molecule has 1 heterocycles. The number of alkyl halides is 6. The second-order valence-corrected chi connectivity index (χ2v) is 5.39. The Kier molecular flexibility index (Phi) is 5.64. The highest BCUT2D eigenvalue weighted by Gasteiger charge is 2.32. The number of oxime groups is 1. The quantitative estimate of drug-likeness (QED) is 0.269. The molecule has 0 saturated carbocycles. The van der Waals surface area contributed by atoms with Crippen molar-refractivity contribution < 1.29 is 36.0 Å². The topological polar surface area (TPSA) is 77.6 Å². The highest BCUT2D eigenvalue weighted by Crippen LogP contribution is 2.31. The van der Waals surface area contributed by atoms with Crippen LogP contribution in [-0.2, 0) is 17.2 Å². The van der Waals surface area contributed by atoms with E-state index in [2.05, 4.69) is 15.0 Å². The molecule has 0 aliphatic rings. The summed E-state index contributed by atoms with van der Waals surface area (Å²) in [5, 5.41) is 2.64. The molecular weight excluding hydrogens is 404 g/mol. The average Bonchev–Trinajstić information content (AvgIpc) is 2.57. The molecule has 0 fully saturated rings. The van der Waals surface area contributed by atoms with Crippen LogP contribution >= 0.6 is 11.6 Å². The lowest BCUT2D eigenvalue weighted by molar-refractivity contribution is -0.138. The van der Waals surface area contributed by atoms with E-state index in [0.29, 0.717) is 18.3 Å². The van der Waals surface area contributed by atoms with Crippen LogP contribution < -0.4 is 5.73 Å².